The highest BCUT2D eigenvalue weighted by molar-refractivity contribution is 5.96. The van der Waals surface area contributed by atoms with Gasteiger partial charge in [0.05, 0.1) is 18.4 Å². The van der Waals surface area contributed by atoms with E-state index in [1.807, 2.05) is 24.3 Å². The monoisotopic (exact) mass is 343 g/mol. The molecule has 2 N–H and O–H groups in total. The third-order valence-corrected chi connectivity index (χ3v) is 5.19. The van der Waals surface area contributed by atoms with Gasteiger partial charge in [0, 0.05) is 5.69 Å². The lowest BCUT2D eigenvalue weighted by Crippen LogP contribution is -2.36. The predicted molar refractivity (Wildman–Crippen MR) is 95.4 cm³/mol. The lowest BCUT2D eigenvalue weighted by molar-refractivity contribution is -0.146. The number of carboxylic acids is 1. The van der Waals surface area contributed by atoms with Gasteiger partial charge >= 0.3 is 5.97 Å². The van der Waals surface area contributed by atoms with E-state index < -0.39 is 17.8 Å². The normalized spacial score (nSPS) is 26.6. The van der Waals surface area contributed by atoms with E-state index in [1.165, 1.54) is 0 Å². The van der Waals surface area contributed by atoms with Crippen molar-refractivity contribution in [2.45, 2.75) is 32.6 Å². The van der Waals surface area contributed by atoms with Crippen molar-refractivity contribution in [3.05, 3.63) is 36.4 Å². The number of amides is 1. The first-order chi connectivity index (χ1) is 12.1. The Kier molecular flexibility index (Phi) is 5.41. The fraction of sp³-hybridized carbons (Fsp3) is 0.500. The molecule has 0 aliphatic heterocycles. The second kappa shape index (κ2) is 7.72. The van der Waals surface area contributed by atoms with E-state index >= 15 is 0 Å². The van der Waals surface area contributed by atoms with Gasteiger partial charge < -0.3 is 15.2 Å². The summed E-state index contributed by atoms with van der Waals surface area (Å²) in [6.07, 6.45) is 8.03. The number of fused-ring (bicyclic) bond motifs is 2. The van der Waals surface area contributed by atoms with E-state index in [0.29, 0.717) is 12.3 Å². The minimum Gasteiger partial charge on any atom is -0.494 e. The van der Waals surface area contributed by atoms with Crippen LogP contribution in [0.4, 0.5) is 5.69 Å². The van der Waals surface area contributed by atoms with Gasteiger partial charge in [0.2, 0.25) is 5.91 Å². The predicted octanol–water partition coefficient (Wildman–Crippen LogP) is 3.72. The highest BCUT2D eigenvalue weighted by Crippen LogP contribution is 2.48. The number of anilines is 1. The van der Waals surface area contributed by atoms with Crippen molar-refractivity contribution in [2.24, 2.45) is 23.7 Å². The summed E-state index contributed by atoms with van der Waals surface area (Å²) in [7, 11) is 0. The van der Waals surface area contributed by atoms with Crippen LogP contribution in [-0.4, -0.2) is 23.6 Å². The molecule has 1 aromatic rings. The Balaban J connectivity index is 1.58. The Hall–Kier alpha value is -2.30. The van der Waals surface area contributed by atoms with Crippen LogP contribution in [0.15, 0.2) is 36.4 Å². The Bertz CT molecular complexity index is 652. The fourth-order valence-electron chi connectivity index (χ4n) is 3.92. The number of allylic oxidation sites excluding steroid dienone is 2. The number of rotatable bonds is 8. The van der Waals surface area contributed by atoms with Gasteiger partial charge in [-0.2, -0.15) is 0 Å². The zero-order chi connectivity index (χ0) is 17.8. The molecule has 2 bridgehead atoms. The Morgan fingerprint density at radius 3 is 2.44 bits per heavy atom. The highest BCUT2D eigenvalue weighted by Gasteiger charge is 2.51. The molecular weight excluding hydrogens is 318 g/mol. The maximum Gasteiger partial charge on any atom is 0.307 e. The number of ether oxygens (including phenoxy) is 1. The molecule has 4 atom stereocenters. The Morgan fingerprint density at radius 2 is 1.80 bits per heavy atom. The summed E-state index contributed by atoms with van der Waals surface area (Å²) in [6, 6.07) is 7.26. The van der Waals surface area contributed by atoms with Gasteiger partial charge in [-0.25, -0.2) is 0 Å². The number of carbonyl (C=O) groups is 2. The first kappa shape index (κ1) is 17.5. The van der Waals surface area contributed by atoms with Crippen molar-refractivity contribution < 1.29 is 19.4 Å². The van der Waals surface area contributed by atoms with Crippen molar-refractivity contribution in [3.8, 4) is 5.75 Å². The van der Waals surface area contributed by atoms with Gasteiger partial charge in [-0.3, -0.25) is 9.59 Å². The topological polar surface area (TPSA) is 75.6 Å². The second-order valence-electron chi connectivity index (χ2n) is 6.91. The van der Waals surface area contributed by atoms with Gasteiger partial charge in [-0.15, -0.1) is 0 Å². The number of carboxylic acid groups (broad SMARTS) is 1. The summed E-state index contributed by atoms with van der Waals surface area (Å²) in [5.74, 6) is -1.40. The molecule has 134 valence electrons. The van der Waals surface area contributed by atoms with Crippen molar-refractivity contribution in [1.82, 2.24) is 0 Å². The summed E-state index contributed by atoms with van der Waals surface area (Å²) in [5.41, 5.74) is 0.668. The largest absolute Gasteiger partial charge is 0.494 e. The average molecular weight is 343 g/mol. The highest BCUT2D eigenvalue weighted by atomic mass is 16.5. The minimum absolute atomic E-state index is 0.0165. The maximum atomic E-state index is 12.6. The molecule has 25 heavy (non-hydrogen) atoms. The summed E-state index contributed by atoms with van der Waals surface area (Å²) in [4.78, 5) is 24.1. The van der Waals surface area contributed by atoms with E-state index in [0.717, 1.165) is 31.4 Å². The van der Waals surface area contributed by atoms with E-state index in [1.54, 1.807) is 12.1 Å². The first-order valence-electron chi connectivity index (χ1n) is 9.05. The van der Waals surface area contributed by atoms with Crippen LogP contribution in [-0.2, 0) is 9.59 Å². The molecule has 5 heteroatoms. The summed E-state index contributed by atoms with van der Waals surface area (Å²) >= 11 is 0. The fourth-order valence-corrected chi connectivity index (χ4v) is 3.92. The molecule has 0 unspecified atom stereocenters. The molecular formula is C20H25NO4. The lowest BCUT2D eigenvalue weighted by Gasteiger charge is -2.23. The number of nitrogens with one attached hydrogen (secondary N) is 1. The van der Waals surface area contributed by atoms with E-state index in [-0.39, 0.29) is 17.7 Å². The zero-order valence-corrected chi connectivity index (χ0v) is 14.5. The molecule has 5 nitrogen and oxygen atoms in total. The molecule has 1 fully saturated rings. The molecule has 0 spiro atoms. The van der Waals surface area contributed by atoms with E-state index in [2.05, 4.69) is 12.2 Å². The number of carbonyl (C=O) groups excluding carboxylic acids is 1. The SMILES string of the molecule is CCCCCOc1ccc(NC(=O)[C@H]2[C@@H](C(=O)O)[C@H]3C=C[C@H]2C3)cc1. The van der Waals surface area contributed by atoms with Crippen LogP contribution in [0.2, 0.25) is 0 Å². The molecule has 1 aromatic carbocycles. The number of aliphatic carboxylic acids is 1. The van der Waals surface area contributed by atoms with Gasteiger partial charge in [-0.05, 0) is 48.9 Å². The number of benzene rings is 1. The molecule has 0 saturated heterocycles. The number of unbranched alkanes of at least 4 members (excludes halogenated alkanes) is 2. The van der Waals surface area contributed by atoms with Crippen LogP contribution < -0.4 is 10.1 Å². The summed E-state index contributed by atoms with van der Waals surface area (Å²) in [6.45, 7) is 2.84. The number of hydrogen-bond acceptors (Lipinski definition) is 3. The van der Waals surface area contributed by atoms with Crippen molar-refractivity contribution >= 4 is 17.6 Å². The van der Waals surface area contributed by atoms with Crippen molar-refractivity contribution in [3.63, 3.8) is 0 Å². The molecule has 2 aliphatic carbocycles. The Morgan fingerprint density at radius 1 is 1.12 bits per heavy atom. The van der Waals surface area contributed by atoms with Crippen LogP contribution in [0.5, 0.6) is 5.75 Å². The third kappa shape index (κ3) is 3.86. The molecule has 3 rings (SSSR count). The standard InChI is InChI=1S/C20H25NO4/c1-2-3-4-11-25-16-9-7-15(8-10-16)21-19(22)17-13-5-6-14(12-13)18(17)20(23)24/h5-10,13-14,17-18H,2-4,11-12H2,1H3,(H,21,22)(H,23,24)/t13-,14-,17+,18-/m0/s1. The van der Waals surface area contributed by atoms with Gasteiger partial charge in [0.15, 0.2) is 0 Å². The van der Waals surface area contributed by atoms with Gasteiger partial charge in [0.25, 0.3) is 0 Å². The first-order valence-corrected chi connectivity index (χ1v) is 9.05. The maximum absolute atomic E-state index is 12.6. The molecule has 0 heterocycles. The van der Waals surface area contributed by atoms with Crippen LogP contribution in [0.3, 0.4) is 0 Å². The average Bonchev–Trinajstić information content (AvgIpc) is 3.21. The van der Waals surface area contributed by atoms with E-state index in [9.17, 15) is 14.7 Å². The quantitative estimate of drug-likeness (QED) is 0.557. The zero-order valence-electron chi connectivity index (χ0n) is 14.5. The molecule has 1 saturated carbocycles. The molecule has 0 radical (unpaired) electrons. The summed E-state index contributed by atoms with van der Waals surface area (Å²) in [5, 5.41) is 12.3. The number of hydrogen-bond donors (Lipinski definition) is 2. The second-order valence-corrected chi connectivity index (χ2v) is 6.91. The van der Waals surface area contributed by atoms with Gasteiger partial charge in [-0.1, -0.05) is 31.9 Å². The molecule has 0 aromatic heterocycles. The van der Waals surface area contributed by atoms with Crippen LogP contribution >= 0.6 is 0 Å². The van der Waals surface area contributed by atoms with Crippen LogP contribution in [0.1, 0.15) is 32.6 Å². The minimum atomic E-state index is -0.882. The van der Waals surface area contributed by atoms with Crippen molar-refractivity contribution in [2.75, 3.05) is 11.9 Å². The molecule has 2 aliphatic rings. The van der Waals surface area contributed by atoms with Crippen LogP contribution in [0, 0.1) is 23.7 Å². The van der Waals surface area contributed by atoms with Gasteiger partial charge in [0.1, 0.15) is 5.75 Å². The van der Waals surface area contributed by atoms with Crippen molar-refractivity contribution in [1.29, 1.82) is 0 Å². The molecule has 1 amide bonds. The lowest BCUT2D eigenvalue weighted by atomic mass is 9.82. The van der Waals surface area contributed by atoms with Crippen LogP contribution in [0.25, 0.3) is 0 Å². The smallest absolute Gasteiger partial charge is 0.307 e. The van der Waals surface area contributed by atoms with E-state index in [4.69, 9.17) is 4.74 Å². The summed E-state index contributed by atoms with van der Waals surface area (Å²) < 4.78 is 5.66. The Labute approximate surface area is 148 Å². The third-order valence-electron chi connectivity index (χ3n) is 5.19.